The first-order chi connectivity index (χ1) is 12.6. The summed E-state index contributed by atoms with van der Waals surface area (Å²) >= 11 is 0. The van der Waals surface area contributed by atoms with Crippen LogP contribution in [0.1, 0.15) is 39.9 Å². The number of likely N-dealkylation sites (N-methyl/N-ethyl adjacent to an activating group) is 1. The number of amides is 1. The highest BCUT2D eigenvalue weighted by molar-refractivity contribution is 5.95. The third-order valence-corrected chi connectivity index (χ3v) is 4.89. The Balaban J connectivity index is 1.75. The molecule has 5 heteroatoms. The van der Waals surface area contributed by atoms with Crippen molar-refractivity contribution >= 4 is 5.91 Å². The molecule has 1 aliphatic rings. The minimum Gasteiger partial charge on any atom is -0.488 e. The van der Waals surface area contributed by atoms with E-state index in [0.29, 0.717) is 6.61 Å². The molecule has 0 aliphatic carbocycles. The van der Waals surface area contributed by atoms with E-state index in [9.17, 15) is 4.79 Å². The van der Waals surface area contributed by atoms with E-state index in [1.54, 1.807) is 12.4 Å². The molecule has 1 atom stereocenters. The number of aromatic nitrogens is 1. The molecule has 1 fully saturated rings. The molecule has 0 bridgehead atoms. The maximum atomic E-state index is 13.0. The molecule has 2 heterocycles. The Hall–Kier alpha value is -2.40. The quantitative estimate of drug-likeness (QED) is 0.867. The second-order valence-electron chi connectivity index (χ2n) is 6.94. The van der Waals surface area contributed by atoms with Gasteiger partial charge < -0.3 is 15.0 Å². The van der Waals surface area contributed by atoms with Crippen LogP contribution in [-0.4, -0.2) is 42.0 Å². The molecule has 138 valence electrons. The molecule has 1 aliphatic heterocycles. The summed E-state index contributed by atoms with van der Waals surface area (Å²) in [5, 5.41) is 3.19. The van der Waals surface area contributed by atoms with E-state index in [-0.39, 0.29) is 11.9 Å². The molecule has 2 aromatic rings. The van der Waals surface area contributed by atoms with Gasteiger partial charge in [0.1, 0.15) is 12.4 Å². The van der Waals surface area contributed by atoms with E-state index < -0.39 is 0 Å². The maximum absolute atomic E-state index is 13.0. The van der Waals surface area contributed by atoms with Crippen LogP contribution in [0.25, 0.3) is 0 Å². The number of hydrogen-bond acceptors (Lipinski definition) is 4. The van der Waals surface area contributed by atoms with Gasteiger partial charge in [-0.2, -0.15) is 0 Å². The van der Waals surface area contributed by atoms with Gasteiger partial charge in [-0.1, -0.05) is 6.07 Å². The zero-order valence-corrected chi connectivity index (χ0v) is 15.8. The summed E-state index contributed by atoms with van der Waals surface area (Å²) in [5.41, 5.74) is 3.75. The fourth-order valence-corrected chi connectivity index (χ4v) is 3.66. The van der Waals surface area contributed by atoms with Crippen molar-refractivity contribution in [2.45, 2.75) is 39.3 Å². The van der Waals surface area contributed by atoms with Crippen LogP contribution in [0.4, 0.5) is 0 Å². The van der Waals surface area contributed by atoms with E-state index in [1.165, 1.54) is 0 Å². The highest BCUT2D eigenvalue weighted by atomic mass is 16.5. The number of hydrogen-bond donors (Lipinski definition) is 1. The van der Waals surface area contributed by atoms with Gasteiger partial charge in [-0.25, -0.2) is 0 Å². The molecule has 3 rings (SSSR count). The van der Waals surface area contributed by atoms with Gasteiger partial charge in [-0.05, 0) is 63.1 Å². The molecular weight excluding hydrogens is 326 g/mol. The monoisotopic (exact) mass is 353 g/mol. The predicted molar refractivity (Wildman–Crippen MR) is 102 cm³/mol. The SMILES string of the molecule is CNCC1CCCN1C(=O)c1cc(C)c(OCc2cccnc2)c(C)c1. The zero-order valence-electron chi connectivity index (χ0n) is 15.8. The van der Waals surface area contributed by atoms with Crippen LogP contribution in [0.2, 0.25) is 0 Å². The number of carbonyl (C=O) groups is 1. The number of benzene rings is 1. The van der Waals surface area contributed by atoms with Crippen molar-refractivity contribution in [2.24, 2.45) is 0 Å². The maximum Gasteiger partial charge on any atom is 0.254 e. The number of rotatable bonds is 6. The van der Waals surface area contributed by atoms with Crippen LogP contribution in [-0.2, 0) is 6.61 Å². The standard InChI is InChI=1S/C21H27N3O2/c1-15-10-18(21(25)24-9-5-7-19(24)13-22-3)11-16(2)20(15)26-14-17-6-4-8-23-12-17/h4,6,8,10-12,19,22H,5,7,9,13-14H2,1-3H3. The fraction of sp³-hybridized carbons (Fsp3) is 0.429. The van der Waals surface area contributed by atoms with Gasteiger partial charge in [0, 0.05) is 42.7 Å². The molecule has 1 aromatic carbocycles. The van der Waals surface area contributed by atoms with Crippen LogP contribution in [0.3, 0.4) is 0 Å². The fourth-order valence-electron chi connectivity index (χ4n) is 3.66. The van der Waals surface area contributed by atoms with Gasteiger partial charge in [-0.15, -0.1) is 0 Å². The Kier molecular flexibility index (Phi) is 5.89. The molecule has 0 saturated carbocycles. The van der Waals surface area contributed by atoms with Crippen molar-refractivity contribution in [1.29, 1.82) is 0 Å². The number of carbonyl (C=O) groups excluding carboxylic acids is 1. The number of pyridine rings is 1. The lowest BCUT2D eigenvalue weighted by molar-refractivity contribution is 0.0737. The molecule has 1 saturated heterocycles. The summed E-state index contributed by atoms with van der Waals surface area (Å²) in [5.74, 6) is 0.964. The lowest BCUT2D eigenvalue weighted by Crippen LogP contribution is -2.40. The molecule has 5 nitrogen and oxygen atoms in total. The smallest absolute Gasteiger partial charge is 0.254 e. The second-order valence-corrected chi connectivity index (χ2v) is 6.94. The number of nitrogens with zero attached hydrogens (tertiary/aromatic N) is 2. The van der Waals surface area contributed by atoms with Gasteiger partial charge in [0.05, 0.1) is 0 Å². The Morgan fingerprint density at radius 1 is 1.35 bits per heavy atom. The number of aryl methyl sites for hydroxylation is 2. The molecule has 0 spiro atoms. The molecule has 1 N–H and O–H groups in total. The van der Waals surface area contributed by atoms with Crippen LogP contribution >= 0.6 is 0 Å². The first-order valence-corrected chi connectivity index (χ1v) is 9.18. The van der Waals surface area contributed by atoms with Gasteiger partial charge >= 0.3 is 0 Å². The first kappa shape index (κ1) is 18.4. The third-order valence-electron chi connectivity index (χ3n) is 4.89. The predicted octanol–water partition coefficient (Wildman–Crippen LogP) is 3.10. The zero-order chi connectivity index (χ0) is 18.5. The number of nitrogens with one attached hydrogen (secondary N) is 1. The van der Waals surface area contributed by atoms with Gasteiger partial charge in [0.25, 0.3) is 5.91 Å². The number of likely N-dealkylation sites (tertiary alicyclic amines) is 1. The highest BCUT2D eigenvalue weighted by Gasteiger charge is 2.29. The Morgan fingerprint density at radius 2 is 2.12 bits per heavy atom. The van der Waals surface area contributed by atoms with Gasteiger partial charge in [0.2, 0.25) is 0 Å². The van der Waals surface area contributed by atoms with Crippen molar-refractivity contribution in [3.8, 4) is 5.75 Å². The largest absolute Gasteiger partial charge is 0.488 e. The molecule has 1 unspecified atom stereocenters. The summed E-state index contributed by atoms with van der Waals surface area (Å²) < 4.78 is 6.00. The Bertz CT molecular complexity index is 738. The third kappa shape index (κ3) is 4.05. The molecular formula is C21H27N3O2. The average Bonchev–Trinajstić information content (AvgIpc) is 3.09. The highest BCUT2D eigenvalue weighted by Crippen LogP contribution is 2.28. The summed E-state index contributed by atoms with van der Waals surface area (Å²) in [7, 11) is 1.93. The summed E-state index contributed by atoms with van der Waals surface area (Å²) in [4.78, 5) is 19.1. The molecule has 1 aromatic heterocycles. The lowest BCUT2D eigenvalue weighted by atomic mass is 10.0. The lowest BCUT2D eigenvalue weighted by Gasteiger charge is -2.25. The molecule has 0 radical (unpaired) electrons. The number of ether oxygens (including phenoxy) is 1. The minimum absolute atomic E-state index is 0.118. The van der Waals surface area contributed by atoms with E-state index in [4.69, 9.17) is 4.74 Å². The normalized spacial score (nSPS) is 16.7. The Morgan fingerprint density at radius 3 is 2.77 bits per heavy atom. The molecule has 1 amide bonds. The summed E-state index contributed by atoms with van der Waals surface area (Å²) in [6.07, 6.45) is 5.69. The second kappa shape index (κ2) is 8.32. The van der Waals surface area contributed by atoms with E-state index in [1.807, 2.05) is 50.1 Å². The van der Waals surface area contributed by atoms with E-state index >= 15 is 0 Å². The molecule has 26 heavy (non-hydrogen) atoms. The van der Waals surface area contributed by atoms with Crippen molar-refractivity contribution in [3.63, 3.8) is 0 Å². The van der Waals surface area contributed by atoms with Crippen molar-refractivity contribution < 1.29 is 9.53 Å². The first-order valence-electron chi connectivity index (χ1n) is 9.18. The van der Waals surface area contributed by atoms with Gasteiger partial charge in [0.15, 0.2) is 0 Å². The van der Waals surface area contributed by atoms with Crippen LogP contribution in [0, 0.1) is 13.8 Å². The van der Waals surface area contributed by atoms with Crippen LogP contribution in [0.5, 0.6) is 5.75 Å². The summed E-state index contributed by atoms with van der Waals surface area (Å²) in [6, 6.07) is 8.07. The minimum atomic E-state index is 0.118. The van der Waals surface area contributed by atoms with Crippen molar-refractivity contribution in [1.82, 2.24) is 15.2 Å². The van der Waals surface area contributed by atoms with Crippen LogP contribution < -0.4 is 10.1 Å². The van der Waals surface area contributed by atoms with E-state index in [0.717, 1.165) is 53.9 Å². The van der Waals surface area contributed by atoms with Crippen molar-refractivity contribution in [2.75, 3.05) is 20.1 Å². The van der Waals surface area contributed by atoms with Crippen LogP contribution in [0.15, 0.2) is 36.7 Å². The average molecular weight is 353 g/mol. The topological polar surface area (TPSA) is 54.5 Å². The van der Waals surface area contributed by atoms with E-state index in [2.05, 4.69) is 10.3 Å². The van der Waals surface area contributed by atoms with Gasteiger partial charge in [-0.3, -0.25) is 9.78 Å². The summed E-state index contributed by atoms with van der Waals surface area (Å²) in [6.45, 7) is 6.15. The Labute approximate surface area is 155 Å². The van der Waals surface area contributed by atoms with Crippen molar-refractivity contribution in [3.05, 3.63) is 58.9 Å².